The molecule has 1 amide bonds. The molecule has 5 heteroatoms. The van der Waals surface area contributed by atoms with Gasteiger partial charge in [-0.25, -0.2) is 4.98 Å². The van der Waals surface area contributed by atoms with Gasteiger partial charge in [0.05, 0.1) is 6.54 Å². The third kappa shape index (κ3) is 4.75. The molecule has 0 spiro atoms. The molecule has 0 saturated heterocycles. The van der Waals surface area contributed by atoms with Crippen molar-refractivity contribution in [3.05, 3.63) is 23.9 Å². The molecule has 1 rings (SSSR count). The maximum absolute atomic E-state index is 10.8. The lowest BCUT2D eigenvalue weighted by molar-refractivity contribution is -0.119. The molecule has 1 aromatic rings. The van der Waals surface area contributed by atoms with Crippen LogP contribution in [0, 0.1) is 6.92 Å². The summed E-state index contributed by atoms with van der Waals surface area (Å²) in [7, 11) is 0. The molecular weight excluding hydrogens is 204 g/mol. The van der Waals surface area contributed by atoms with Crippen molar-refractivity contribution in [1.29, 1.82) is 0 Å². The van der Waals surface area contributed by atoms with Gasteiger partial charge >= 0.3 is 0 Å². The highest BCUT2D eigenvalue weighted by molar-refractivity contribution is 5.77. The summed E-state index contributed by atoms with van der Waals surface area (Å²) in [5.74, 6) is 0.740. The largest absolute Gasteiger partial charge is 0.370 e. The number of amides is 1. The first-order chi connectivity index (χ1) is 7.72. The van der Waals surface area contributed by atoms with E-state index < -0.39 is 0 Å². The minimum Gasteiger partial charge on any atom is -0.370 e. The van der Waals surface area contributed by atoms with E-state index in [9.17, 15) is 4.79 Å². The third-order valence-electron chi connectivity index (χ3n) is 2.08. The molecule has 0 fully saturated rings. The number of carbonyl (C=O) groups excluding carboxylic acids is 1. The Hall–Kier alpha value is -1.62. The molecule has 0 aliphatic carbocycles. The summed E-state index contributed by atoms with van der Waals surface area (Å²) in [4.78, 5) is 15.0. The van der Waals surface area contributed by atoms with Crippen molar-refractivity contribution in [1.82, 2.24) is 10.3 Å². The summed E-state index contributed by atoms with van der Waals surface area (Å²) in [6.07, 6.45) is 2.67. The number of pyridine rings is 1. The van der Waals surface area contributed by atoms with Crippen molar-refractivity contribution >= 4 is 11.7 Å². The van der Waals surface area contributed by atoms with E-state index in [1.807, 2.05) is 25.3 Å². The van der Waals surface area contributed by atoms with Crippen LogP contribution in [0.25, 0.3) is 0 Å². The molecule has 0 aliphatic heterocycles. The van der Waals surface area contributed by atoms with Crippen LogP contribution >= 0.6 is 0 Å². The van der Waals surface area contributed by atoms with Crippen LogP contribution in [0.3, 0.4) is 0 Å². The normalized spacial score (nSPS) is 9.88. The zero-order chi connectivity index (χ0) is 11.8. The number of nitrogens with one attached hydrogen (secondary N) is 2. The maximum Gasteiger partial charge on any atom is 0.233 e. The lowest BCUT2D eigenvalue weighted by Crippen LogP contribution is -2.31. The van der Waals surface area contributed by atoms with Crippen LogP contribution in [-0.2, 0) is 4.79 Å². The van der Waals surface area contributed by atoms with Gasteiger partial charge in [-0.2, -0.15) is 0 Å². The molecule has 1 heterocycles. The Kier molecular flexibility index (Phi) is 5.28. The van der Waals surface area contributed by atoms with Crippen LogP contribution in [0.2, 0.25) is 0 Å². The van der Waals surface area contributed by atoms with Crippen LogP contribution in [0.4, 0.5) is 5.82 Å². The molecule has 0 radical (unpaired) electrons. The monoisotopic (exact) mass is 222 g/mol. The quantitative estimate of drug-likeness (QED) is 0.603. The van der Waals surface area contributed by atoms with Gasteiger partial charge < -0.3 is 16.4 Å². The summed E-state index contributed by atoms with van der Waals surface area (Å²) in [6.45, 7) is 3.46. The Balaban J connectivity index is 2.11. The molecule has 4 N–H and O–H groups in total. The van der Waals surface area contributed by atoms with E-state index in [2.05, 4.69) is 15.6 Å². The van der Waals surface area contributed by atoms with Crippen LogP contribution < -0.4 is 16.4 Å². The minimum absolute atomic E-state index is 0.0486. The molecular formula is C11H18N4O. The predicted octanol–water partition coefficient (Wildman–Crippen LogP) is 0.267. The summed E-state index contributed by atoms with van der Waals surface area (Å²) < 4.78 is 0. The number of rotatable bonds is 6. The SMILES string of the molecule is Cc1ccc(NCCCNC(=O)CN)nc1. The second-order valence-electron chi connectivity index (χ2n) is 3.56. The summed E-state index contributed by atoms with van der Waals surface area (Å²) in [6, 6.07) is 3.94. The molecule has 16 heavy (non-hydrogen) atoms. The maximum atomic E-state index is 10.8. The summed E-state index contributed by atoms with van der Waals surface area (Å²) in [5, 5.41) is 5.87. The van der Waals surface area contributed by atoms with Crippen molar-refractivity contribution in [3.63, 3.8) is 0 Å². The zero-order valence-electron chi connectivity index (χ0n) is 9.49. The average molecular weight is 222 g/mol. The molecule has 0 unspecified atom stereocenters. The van der Waals surface area contributed by atoms with Gasteiger partial charge in [0, 0.05) is 19.3 Å². The van der Waals surface area contributed by atoms with Gasteiger partial charge in [0.1, 0.15) is 5.82 Å². The third-order valence-corrected chi connectivity index (χ3v) is 2.08. The number of anilines is 1. The second-order valence-corrected chi connectivity index (χ2v) is 3.56. The first kappa shape index (κ1) is 12.4. The van der Waals surface area contributed by atoms with Crippen LogP contribution in [-0.4, -0.2) is 30.5 Å². The van der Waals surface area contributed by atoms with E-state index in [1.54, 1.807) is 0 Å². The first-order valence-electron chi connectivity index (χ1n) is 5.35. The molecule has 0 saturated carbocycles. The van der Waals surface area contributed by atoms with E-state index in [4.69, 9.17) is 5.73 Å². The van der Waals surface area contributed by atoms with Crippen LogP contribution in [0.5, 0.6) is 0 Å². The number of hydrogen-bond acceptors (Lipinski definition) is 4. The van der Waals surface area contributed by atoms with E-state index >= 15 is 0 Å². The molecule has 0 bridgehead atoms. The van der Waals surface area contributed by atoms with Gasteiger partial charge in [-0.1, -0.05) is 6.07 Å². The number of nitrogens with zero attached hydrogens (tertiary/aromatic N) is 1. The topological polar surface area (TPSA) is 80.0 Å². The molecule has 0 aromatic carbocycles. The lowest BCUT2D eigenvalue weighted by atomic mass is 10.3. The second kappa shape index (κ2) is 6.79. The molecule has 5 nitrogen and oxygen atoms in total. The average Bonchev–Trinajstić information content (AvgIpc) is 2.31. The van der Waals surface area contributed by atoms with Crippen molar-refractivity contribution in [2.24, 2.45) is 5.73 Å². The van der Waals surface area contributed by atoms with E-state index in [0.717, 1.165) is 24.3 Å². The lowest BCUT2D eigenvalue weighted by Gasteiger charge is -2.06. The van der Waals surface area contributed by atoms with Crippen LogP contribution in [0.15, 0.2) is 18.3 Å². The Labute approximate surface area is 95.4 Å². The number of aromatic nitrogens is 1. The first-order valence-corrected chi connectivity index (χ1v) is 5.35. The Morgan fingerprint density at radius 2 is 2.25 bits per heavy atom. The number of nitrogens with two attached hydrogens (primary N) is 1. The molecule has 1 aromatic heterocycles. The highest BCUT2D eigenvalue weighted by Gasteiger charge is 1.96. The summed E-state index contributed by atoms with van der Waals surface area (Å²) >= 11 is 0. The van der Waals surface area contributed by atoms with Gasteiger partial charge in [-0.05, 0) is 25.0 Å². The standard InChI is InChI=1S/C11H18N4O/c1-9-3-4-10(15-8-9)13-5-2-6-14-11(16)7-12/h3-4,8H,2,5-7,12H2,1H3,(H,13,15)(H,14,16). The fourth-order valence-corrected chi connectivity index (χ4v) is 1.18. The minimum atomic E-state index is -0.117. The van der Waals surface area contributed by atoms with Crippen molar-refractivity contribution in [2.45, 2.75) is 13.3 Å². The Morgan fingerprint density at radius 1 is 1.44 bits per heavy atom. The van der Waals surface area contributed by atoms with Gasteiger partial charge in [-0.15, -0.1) is 0 Å². The number of carbonyl (C=O) groups is 1. The molecule has 0 aliphatic rings. The molecule has 0 atom stereocenters. The Morgan fingerprint density at radius 3 is 2.88 bits per heavy atom. The highest BCUT2D eigenvalue weighted by Crippen LogP contribution is 2.03. The van der Waals surface area contributed by atoms with Crippen molar-refractivity contribution < 1.29 is 4.79 Å². The number of hydrogen-bond donors (Lipinski definition) is 3. The van der Waals surface area contributed by atoms with Gasteiger partial charge in [-0.3, -0.25) is 4.79 Å². The number of aryl methyl sites for hydroxylation is 1. The fourth-order valence-electron chi connectivity index (χ4n) is 1.18. The van der Waals surface area contributed by atoms with Gasteiger partial charge in [0.25, 0.3) is 0 Å². The highest BCUT2D eigenvalue weighted by atomic mass is 16.1. The zero-order valence-corrected chi connectivity index (χ0v) is 9.49. The smallest absolute Gasteiger partial charge is 0.233 e. The predicted molar refractivity (Wildman–Crippen MR) is 64.1 cm³/mol. The van der Waals surface area contributed by atoms with E-state index in [1.165, 1.54) is 0 Å². The van der Waals surface area contributed by atoms with Crippen molar-refractivity contribution in [2.75, 3.05) is 25.0 Å². The van der Waals surface area contributed by atoms with E-state index in [0.29, 0.717) is 6.54 Å². The van der Waals surface area contributed by atoms with Gasteiger partial charge in [0.2, 0.25) is 5.91 Å². The Bertz CT molecular complexity index is 323. The van der Waals surface area contributed by atoms with Crippen molar-refractivity contribution in [3.8, 4) is 0 Å². The fraction of sp³-hybridized carbons (Fsp3) is 0.455. The van der Waals surface area contributed by atoms with Gasteiger partial charge in [0.15, 0.2) is 0 Å². The van der Waals surface area contributed by atoms with Crippen LogP contribution in [0.1, 0.15) is 12.0 Å². The van der Waals surface area contributed by atoms with E-state index in [-0.39, 0.29) is 12.5 Å². The molecule has 88 valence electrons. The summed E-state index contributed by atoms with van der Waals surface area (Å²) in [5.41, 5.74) is 6.29.